The second-order valence-corrected chi connectivity index (χ2v) is 19.0. The molecule has 9 rings (SSSR count). The van der Waals surface area contributed by atoms with Crippen molar-refractivity contribution in [2.45, 2.75) is 70.1 Å². The fourth-order valence-electron chi connectivity index (χ4n) is 9.69. The maximum absolute atomic E-state index is 13.0. The van der Waals surface area contributed by atoms with E-state index in [2.05, 4.69) is 133 Å². The lowest BCUT2D eigenvalue weighted by Crippen LogP contribution is -2.51. The third-order valence-corrected chi connectivity index (χ3v) is 14.0. The van der Waals surface area contributed by atoms with Crippen LogP contribution in [0.25, 0.3) is 32.8 Å². The minimum absolute atomic E-state index is 0.0235. The van der Waals surface area contributed by atoms with Gasteiger partial charge in [-0.05, 0) is 118 Å². The Balaban J connectivity index is 0.636. The van der Waals surface area contributed by atoms with Gasteiger partial charge in [-0.3, -0.25) is 9.59 Å². The number of nitrogens with one attached hydrogen (secondary N) is 3. The molecule has 3 aromatic carbocycles. The number of piperazine rings is 2. The van der Waals surface area contributed by atoms with Crippen LogP contribution in [-0.4, -0.2) is 113 Å². The SMILES string of the molecule is O=C(Cn1ccc2cc(C(=O)NCCc3ccc(N4CC5CC[C@@H](C4)N5)cc3)cnc21)NCCCCCN1CCN(CCCn2c3ccc(Br)cc3c3cc(Br)ccc32)CC1. The van der Waals surface area contributed by atoms with E-state index in [1.807, 2.05) is 22.9 Å². The zero-order valence-corrected chi connectivity index (χ0v) is 38.1. The van der Waals surface area contributed by atoms with Crippen LogP contribution in [0.3, 0.4) is 0 Å². The Morgan fingerprint density at radius 2 is 1.39 bits per heavy atom. The standard InChI is InChI=1S/C48H57Br2N9O2/c49-37-7-13-44-42(28-37)43-29-38(50)8-14-45(43)59(44)21-4-20-56-25-23-55(24-26-56)19-3-1-2-17-51-46(60)33-57-22-16-35-27-36(30-53-47(35)57)48(61)52-18-15-34-5-11-41(12-6-34)58-31-39-9-10-40(32-58)54-39/h5-8,11-14,16,22,27-30,39-40,54H,1-4,9-10,15,17-21,23-26,31-33H2,(H,51,60)(H,52,61)/t39-,40?/m0/s1. The minimum atomic E-state index is -0.139. The molecule has 3 fully saturated rings. The maximum atomic E-state index is 13.0. The molecule has 0 radical (unpaired) electrons. The first-order chi connectivity index (χ1) is 29.8. The number of halogens is 2. The summed E-state index contributed by atoms with van der Waals surface area (Å²) < 4.78 is 6.56. The number of unbranched alkanes of at least 4 members (excludes halogenated alkanes) is 2. The van der Waals surface area contributed by atoms with Crippen LogP contribution in [0.4, 0.5) is 5.69 Å². The number of carbonyl (C=O) groups excluding carboxylic acids is 2. The highest BCUT2D eigenvalue weighted by molar-refractivity contribution is 9.10. The van der Waals surface area contributed by atoms with Crippen LogP contribution in [0.2, 0.25) is 0 Å². The number of nitrogens with zero attached hydrogens (tertiary/aromatic N) is 6. The van der Waals surface area contributed by atoms with Gasteiger partial charge in [0.15, 0.2) is 0 Å². The highest BCUT2D eigenvalue weighted by Gasteiger charge is 2.32. The summed E-state index contributed by atoms with van der Waals surface area (Å²) in [5.74, 6) is -0.162. The highest BCUT2D eigenvalue weighted by Crippen LogP contribution is 2.33. The van der Waals surface area contributed by atoms with Gasteiger partial charge >= 0.3 is 0 Å². The summed E-state index contributed by atoms with van der Waals surface area (Å²) in [7, 11) is 0. The van der Waals surface area contributed by atoms with Crippen molar-refractivity contribution >= 4 is 82.2 Å². The molecule has 3 aliphatic rings. The lowest BCUT2D eigenvalue weighted by molar-refractivity contribution is -0.121. The molecule has 0 saturated carbocycles. The van der Waals surface area contributed by atoms with Gasteiger partial charge in [0.25, 0.3) is 5.91 Å². The van der Waals surface area contributed by atoms with Crippen LogP contribution >= 0.6 is 31.9 Å². The summed E-state index contributed by atoms with van der Waals surface area (Å²) in [6.07, 6.45) is 11.1. The third kappa shape index (κ3) is 10.2. The highest BCUT2D eigenvalue weighted by atomic mass is 79.9. The van der Waals surface area contributed by atoms with Crippen molar-refractivity contribution in [1.82, 2.24) is 39.9 Å². The van der Waals surface area contributed by atoms with E-state index >= 15 is 0 Å². The van der Waals surface area contributed by atoms with Gasteiger partial charge in [0, 0.05) is 125 Å². The Morgan fingerprint density at radius 3 is 2.08 bits per heavy atom. The number of benzene rings is 3. The summed E-state index contributed by atoms with van der Waals surface area (Å²) in [6.45, 7) is 11.3. The molecule has 3 aliphatic heterocycles. The predicted molar refractivity (Wildman–Crippen MR) is 254 cm³/mol. The Kier molecular flexibility index (Phi) is 13.4. The predicted octanol–water partition coefficient (Wildman–Crippen LogP) is 7.58. The molecule has 3 saturated heterocycles. The smallest absolute Gasteiger partial charge is 0.252 e. The second-order valence-electron chi connectivity index (χ2n) is 17.2. The largest absolute Gasteiger partial charge is 0.368 e. The van der Waals surface area contributed by atoms with Crippen LogP contribution in [0.15, 0.2) is 94.1 Å². The number of pyridine rings is 1. The number of fused-ring (bicyclic) bond motifs is 6. The topological polar surface area (TPSA) is 103 Å². The number of hydrogen-bond acceptors (Lipinski definition) is 7. The quantitative estimate of drug-likeness (QED) is 0.0812. The van der Waals surface area contributed by atoms with Gasteiger partial charge < -0.3 is 39.8 Å². The molecule has 0 aliphatic carbocycles. The van der Waals surface area contributed by atoms with Crippen molar-refractivity contribution in [1.29, 1.82) is 0 Å². The number of amides is 2. The summed E-state index contributed by atoms with van der Waals surface area (Å²) in [5, 5.41) is 13.3. The van der Waals surface area contributed by atoms with Crippen LogP contribution in [0.1, 0.15) is 54.4 Å². The Bertz CT molecular complexity index is 2400. The number of carbonyl (C=O) groups is 2. The third-order valence-electron chi connectivity index (χ3n) is 13.0. The number of aromatic nitrogens is 3. The first kappa shape index (κ1) is 42.1. The summed E-state index contributed by atoms with van der Waals surface area (Å²) in [4.78, 5) is 38.1. The minimum Gasteiger partial charge on any atom is -0.368 e. The van der Waals surface area contributed by atoms with Crippen LogP contribution in [0.5, 0.6) is 0 Å². The van der Waals surface area contributed by atoms with Gasteiger partial charge in [0.1, 0.15) is 12.2 Å². The van der Waals surface area contributed by atoms with Crippen molar-refractivity contribution < 1.29 is 9.59 Å². The molecule has 3 aromatic heterocycles. The van der Waals surface area contributed by atoms with E-state index in [0.29, 0.717) is 36.4 Å². The van der Waals surface area contributed by atoms with Crippen molar-refractivity contribution in [3.63, 3.8) is 0 Å². The maximum Gasteiger partial charge on any atom is 0.252 e. The van der Waals surface area contributed by atoms with Gasteiger partial charge in [-0.15, -0.1) is 0 Å². The van der Waals surface area contributed by atoms with E-state index in [0.717, 1.165) is 105 Å². The van der Waals surface area contributed by atoms with Gasteiger partial charge in [0.05, 0.1) is 5.56 Å². The fraction of sp³-hybridized carbons (Fsp3) is 0.438. The van der Waals surface area contributed by atoms with E-state index < -0.39 is 0 Å². The van der Waals surface area contributed by atoms with E-state index in [1.165, 1.54) is 45.9 Å². The summed E-state index contributed by atoms with van der Waals surface area (Å²) >= 11 is 7.33. The van der Waals surface area contributed by atoms with Crippen LogP contribution in [0, 0.1) is 0 Å². The van der Waals surface area contributed by atoms with E-state index in [9.17, 15) is 9.59 Å². The van der Waals surface area contributed by atoms with E-state index in [4.69, 9.17) is 0 Å². The molecule has 6 heterocycles. The first-order valence-corrected chi connectivity index (χ1v) is 23.8. The molecule has 6 aromatic rings. The number of aryl methyl sites for hydroxylation is 1. The van der Waals surface area contributed by atoms with Crippen molar-refractivity contribution in [3.05, 3.63) is 105 Å². The summed E-state index contributed by atoms with van der Waals surface area (Å²) in [6, 6.07) is 27.0. The fourth-order valence-corrected chi connectivity index (χ4v) is 10.4. The average molecular weight is 952 g/mol. The van der Waals surface area contributed by atoms with Crippen molar-refractivity contribution in [2.75, 3.05) is 70.3 Å². The summed E-state index contributed by atoms with van der Waals surface area (Å²) in [5.41, 5.74) is 6.31. The monoisotopic (exact) mass is 949 g/mol. The molecule has 13 heteroatoms. The molecule has 11 nitrogen and oxygen atoms in total. The van der Waals surface area contributed by atoms with Crippen molar-refractivity contribution in [2.24, 2.45) is 0 Å². The Labute approximate surface area is 375 Å². The zero-order valence-electron chi connectivity index (χ0n) is 34.9. The Morgan fingerprint density at radius 1 is 0.721 bits per heavy atom. The average Bonchev–Trinajstić information content (AvgIpc) is 3.93. The van der Waals surface area contributed by atoms with Gasteiger partial charge in [0.2, 0.25) is 5.91 Å². The normalized spacial score (nSPS) is 18.4. The van der Waals surface area contributed by atoms with Gasteiger partial charge in [-0.1, -0.05) is 50.4 Å². The van der Waals surface area contributed by atoms with Crippen LogP contribution in [-0.2, 0) is 24.3 Å². The molecule has 3 N–H and O–H groups in total. The lowest BCUT2D eigenvalue weighted by atomic mass is 10.1. The van der Waals surface area contributed by atoms with Crippen LogP contribution < -0.4 is 20.9 Å². The molecular formula is C48H57Br2N9O2. The van der Waals surface area contributed by atoms with Gasteiger partial charge in [-0.2, -0.15) is 0 Å². The number of rotatable bonds is 17. The molecular weight excluding hydrogens is 894 g/mol. The molecule has 2 amide bonds. The number of hydrogen-bond donors (Lipinski definition) is 3. The first-order valence-electron chi connectivity index (χ1n) is 22.2. The molecule has 61 heavy (non-hydrogen) atoms. The van der Waals surface area contributed by atoms with Gasteiger partial charge in [-0.25, -0.2) is 4.98 Å². The molecule has 2 bridgehead atoms. The molecule has 1 unspecified atom stereocenters. The molecule has 2 atom stereocenters. The second kappa shape index (κ2) is 19.4. The molecule has 0 spiro atoms. The Hall–Kier alpha value is -4.27. The van der Waals surface area contributed by atoms with Crippen molar-refractivity contribution in [3.8, 4) is 0 Å². The van der Waals surface area contributed by atoms with E-state index in [-0.39, 0.29) is 18.4 Å². The zero-order chi connectivity index (χ0) is 41.7. The van der Waals surface area contributed by atoms with E-state index in [1.54, 1.807) is 6.20 Å². The molecule has 320 valence electrons. The number of anilines is 1. The lowest BCUT2D eigenvalue weighted by Gasteiger charge is -2.34.